The largest absolute Gasteiger partial charge is 0.487 e. The van der Waals surface area contributed by atoms with E-state index in [0.717, 1.165) is 17.9 Å². The number of aliphatic hydroxyl groups is 1. The standard InChI is InChI=1S/C10H13NO2/c1-2-7-3-4-8-9(5-7)13-6-10(12)11-8/h3-5,10-12H,2,6H2,1H3. The predicted molar refractivity (Wildman–Crippen MR) is 50.9 cm³/mol. The van der Waals surface area contributed by atoms with Crippen molar-refractivity contribution < 1.29 is 9.84 Å². The maximum absolute atomic E-state index is 9.25. The van der Waals surface area contributed by atoms with Crippen LogP contribution in [0.3, 0.4) is 0 Å². The number of anilines is 1. The van der Waals surface area contributed by atoms with Gasteiger partial charge in [0.1, 0.15) is 12.4 Å². The lowest BCUT2D eigenvalue weighted by Crippen LogP contribution is -2.30. The number of hydrogen-bond acceptors (Lipinski definition) is 3. The first kappa shape index (κ1) is 8.38. The molecule has 0 saturated carbocycles. The molecule has 2 rings (SSSR count). The molecule has 1 aliphatic rings. The minimum absolute atomic E-state index is 0.320. The summed E-state index contributed by atoms with van der Waals surface area (Å²) in [5.74, 6) is 0.838. The Morgan fingerprint density at radius 2 is 2.46 bits per heavy atom. The number of aliphatic hydroxyl groups excluding tert-OH is 1. The van der Waals surface area contributed by atoms with Crippen LogP contribution in [0.5, 0.6) is 5.75 Å². The summed E-state index contributed by atoms with van der Waals surface area (Å²) in [5, 5.41) is 12.2. The molecule has 1 aromatic rings. The third kappa shape index (κ3) is 1.60. The number of aryl methyl sites for hydroxylation is 1. The first-order valence-electron chi connectivity index (χ1n) is 4.50. The Hall–Kier alpha value is -1.22. The monoisotopic (exact) mass is 179 g/mol. The fourth-order valence-corrected chi connectivity index (χ4v) is 1.42. The second kappa shape index (κ2) is 3.26. The van der Waals surface area contributed by atoms with Gasteiger partial charge in [0, 0.05) is 0 Å². The van der Waals surface area contributed by atoms with Crippen molar-refractivity contribution in [1.82, 2.24) is 0 Å². The van der Waals surface area contributed by atoms with E-state index in [2.05, 4.69) is 12.2 Å². The van der Waals surface area contributed by atoms with Gasteiger partial charge in [0.15, 0.2) is 6.23 Å². The third-order valence-corrected chi connectivity index (χ3v) is 2.17. The zero-order valence-electron chi connectivity index (χ0n) is 7.58. The number of ether oxygens (including phenoxy) is 1. The van der Waals surface area contributed by atoms with E-state index in [4.69, 9.17) is 4.74 Å². The average Bonchev–Trinajstić information content (AvgIpc) is 2.17. The van der Waals surface area contributed by atoms with Crippen molar-refractivity contribution in [2.24, 2.45) is 0 Å². The summed E-state index contributed by atoms with van der Waals surface area (Å²) in [5.41, 5.74) is 2.12. The van der Waals surface area contributed by atoms with Crippen molar-refractivity contribution in [3.05, 3.63) is 23.8 Å². The molecule has 2 N–H and O–H groups in total. The second-order valence-corrected chi connectivity index (χ2v) is 3.16. The van der Waals surface area contributed by atoms with Crippen LogP contribution in [-0.2, 0) is 6.42 Å². The summed E-state index contributed by atoms with van der Waals surface area (Å²) < 4.78 is 5.37. The molecular weight excluding hydrogens is 166 g/mol. The Morgan fingerprint density at radius 1 is 1.62 bits per heavy atom. The molecule has 3 heteroatoms. The molecule has 1 aromatic carbocycles. The second-order valence-electron chi connectivity index (χ2n) is 3.16. The van der Waals surface area contributed by atoms with Crippen molar-refractivity contribution >= 4 is 5.69 Å². The zero-order chi connectivity index (χ0) is 9.26. The molecule has 0 spiro atoms. The van der Waals surface area contributed by atoms with Crippen LogP contribution in [0.4, 0.5) is 5.69 Å². The highest BCUT2D eigenvalue weighted by molar-refractivity contribution is 5.59. The maximum atomic E-state index is 9.25. The summed E-state index contributed by atoms with van der Waals surface area (Å²) in [6.45, 7) is 2.42. The SMILES string of the molecule is CCc1ccc2c(c1)OCC(O)N2. The van der Waals surface area contributed by atoms with Crippen LogP contribution < -0.4 is 10.1 Å². The highest BCUT2D eigenvalue weighted by Crippen LogP contribution is 2.29. The fraction of sp³-hybridized carbons (Fsp3) is 0.400. The van der Waals surface area contributed by atoms with E-state index in [0.29, 0.717) is 6.61 Å². The summed E-state index contributed by atoms with van der Waals surface area (Å²) in [6.07, 6.45) is 0.416. The van der Waals surface area contributed by atoms with Gasteiger partial charge in [0.05, 0.1) is 5.69 Å². The van der Waals surface area contributed by atoms with Gasteiger partial charge in [0.2, 0.25) is 0 Å². The maximum Gasteiger partial charge on any atom is 0.159 e. The molecule has 1 unspecified atom stereocenters. The van der Waals surface area contributed by atoms with E-state index >= 15 is 0 Å². The van der Waals surface area contributed by atoms with E-state index in [-0.39, 0.29) is 0 Å². The Morgan fingerprint density at radius 3 is 3.23 bits per heavy atom. The number of nitrogens with one attached hydrogen (secondary N) is 1. The van der Waals surface area contributed by atoms with E-state index in [1.54, 1.807) is 0 Å². The first-order chi connectivity index (χ1) is 6.29. The molecule has 0 bridgehead atoms. The zero-order valence-corrected chi connectivity index (χ0v) is 7.58. The van der Waals surface area contributed by atoms with Gasteiger partial charge in [-0.25, -0.2) is 0 Å². The smallest absolute Gasteiger partial charge is 0.159 e. The van der Waals surface area contributed by atoms with Crippen molar-refractivity contribution in [1.29, 1.82) is 0 Å². The number of fused-ring (bicyclic) bond motifs is 1. The molecule has 0 fully saturated rings. The van der Waals surface area contributed by atoms with Crippen LogP contribution in [0.25, 0.3) is 0 Å². The lowest BCUT2D eigenvalue weighted by atomic mass is 10.1. The highest BCUT2D eigenvalue weighted by Gasteiger charge is 2.15. The molecule has 70 valence electrons. The van der Waals surface area contributed by atoms with Gasteiger partial charge in [-0.2, -0.15) is 0 Å². The van der Waals surface area contributed by atoms with E-state index in [1.807, 2.05) is 18.2 Å². The average molecular weight is 179 g/mol. The van der Waals surface area contributed by atoms with Gasteiger partial charge in [-0.15, -0.1) is 0 Å². The first-order valence-corrected chi connectivity index (χ1v) is 4.50. The van der Waals surface area contributed by atoms with Crippen molar-refractivity contribution in [3.8, 4) is 5.75 Å². The molecule has 0 aliphatic carbocycles. The molecule has 0 radical (unpaired) electrons. The molecule has 0 saturated heterocycles. The molecule has 3 nitrogen and oxygen atoms in total. The summed E-state index contributed by atoms with van der Waals surface area (Å²) >= 11 is 0. The fourth-order valence-electron chi connectivity index (χ4n) is 1.42. The predicted octanol–water partition coefficient (Wildman–Crippen LogP) is 1.37. The van der Waals surface area contributed by atoms with E-state index < -0.39 is 6.23 Å². The Kier molecular flexibility index (Phi) is 2.10. The van der Waals surface area contributed by atoms with Crippen LogP contribution >= 0.6 is 0 Å². The molecule has 1 heterocycles. The third-order valence-electron chi connectivity index (χ3n) is 2.17. The van der Waals surface area contributed by atoms with Gasteiger partial charge in [-0.1, -0.05) is 13.0 Å². The molecule has 13 heavy (non-hydrogen) atoms. The van der Waals surface area contributed by atoms with Crippen LogP contribution in [0.2, 0.25) is 0 Å². The number of rotatable bonds is 1. The lowest BCUT2D eigenvalue weighted by Gasteiger charge is -2.24. The minimum Gasteiger partial charge on any atom is -0.487 e. The van der Waals surface area contributed by atoms with Crippen molar-refractivity contribution in [2.45, 2.75) is 19.6 Å². The Labute approximate surface area is 77.3 Å². The van der Waals surface area contributed by atoms with Gasteiger partial charge in [-0.3, -0.25) is 0 Å². The van der Waals surface area contributed by atoms with Crippen LogP contribution in [-0.4, -0.2) is 17.9 Å². The van der Waals surface area contributed by atoms with Crippen molar-refractivity contribution in [2.75, 3.05) is 11.9 Å². The van der Waals surface area contributed by atoms with Crippen LogP contribution in [0.1, 0.15) is 12.5 Å². The van der Waals surface area contributed by atoms with Crippen LogP contribution in [0, 0.1) is 0 Å². The van der Waals surface area contributed by atoms with Gasteiger partial charge < -0.3 is 15.2 Å². The summed E-state index contributed by atoms with van der Waals surface area (Å²) in [7, 11) is 0. The summed E-state index contributed by atoms with van der Waals surface area (Å²) in [6, 6.07) is 5.98. The molecule has 1 aliphatic heterocycles. The molecule has 0 amide bonds. The minimum atomic E-state index is -0.583. The number of hydrogen-bond donors (Lipinski definition) is 2. The van der Waals surface area contributed by atoms with Gasteiger partial charge in [0.25, 0.3) is 0 Å². The quantitative estimate of drug-likeness (QED) is 0.684. The topological polar surface area (TPSA) is 41.5 Å². The summed E-state index contributed by atoms with van der Waals surface area (Å²) in [4.78, 5) is 0. The molecule has 0 aromatic heterocycles. The van der Waals surface area contributed by atoms with Crippen LogP contribution in [0.15, 0.2) is 18.2 Å². The Bertz CT molecular complexity index is 312. The van der Waals surface area contributed by atoms with Gasteiger partial charge in [-0.05, 0) is 24.1 Å². The highest BCUT2D eigenvalue weighted by atomic mass is 16.5. The van der Waals surface area contributed by atoms with Crippen molar-refractivity contribution in [3.63, 3.8) is 0 Å². The van der Waals surface area contributed by atoms with E-state index in [1.165, 1.54) is 5.56 Å². The lowest BCUT2D eigenvalue weighted by molar-refractivity contribution is 0.119. The Balaban J connectivity index is 2.31. The molecule has 1 atom stereocenters. The molecular formula is C10H13NO2. The normalized spacial score (nSPS) is 20.0. The van der Waals surface area contributed by atoms with E-state index in [9.17, 15) is 5.11 Å². The number of benzene rings is 1. The van der Waals surface area contributed by atoms with Gasteiger partial charge >= 0.3 is 0 Å².